The third-order valence-corrected chi connectivity index (χ3v) is 4.90. The van der Waals surface area contributed by atoms with Gasteiger partial charge in [0.05, 0.1) is 0 Å². The van der Waals surface area contributed by atoms with Gasteiger partial charge in [0.1, 0.15) is 11.5 Å². The third kappa shape index (κ3) is 2.95. The molecule has 0 saturated carbocycles. The maximum Gasteiger partial charge on any atom is 0.345 e. The average Bonchev–Trinajstić information content (AvgIpc) is 3.05. The Morgan fingerprint density at radius 1 is 1.36 bits per heavy atom. The first-order chi connectivity index (χ1) is 12.0. The molecule has 0 radical (unpaired) electrons. The number of fused-ring (bicyclic) bond motifs is 2. The fraction of sp³-hybridized carbons (Fsp3) is 0.353. The normalized spacial score (nSPS) is 17.3. The molecule has 1 amide bonds. The Morgan fingerprint density at radius 3 is 3.04 bits per heavy atom. The molecule has 2 N–H and O–H groups in total. The number of carbonyl (C=O) groups is 1. The van der Waals surface area contributed by atoms with E-state index in [0.29, 0.717) is 30.1 Å². The number of hydrogen-bond acceptors (Lipinski definition) is 3. The summed E-state index contributed by atoms with van der Waals surface area (Å²) in [6.07, 6.45) is 2.13. The minimum atomic E-state index is -0.148. The van der Waals surface area contributed by atoms with Gasteiger partial charge in [0, 0.05) is 42.0 Å². The monoisotopic (exact) mass is 359 g/mol. The van der Waals surface area contributed by atoms with E-state index in [4.69, 9.17) is 11.6 Å². The smallest absolute Gasteiger partial charge is 0.345 e. The van der Waals surface area contributed by atoms with Crippen molar-refractivity contribution in [3.63, 3.8) is 0 Å². The molecule has 130 valence electrons. The van der Waals surface area contributed by atoms with Crippen molar-refractivity contribution in [2.75, 3.05) is 0 Å². The van der Waals surface area contributed by atoms with Crippen LogP contribution in [0.2, 0.25) is 5.02 Å². The van der Waals surface area contributed by atoms with Crippen molar-refractivity contribution in [3.05, 3.63) is 51.3 Å². The molecule has 0 saturated heterocycles. The zero-order chi connectivity index (χ0) is 17.6. The summed E-state index contributed by atoms with van der Waals surface area (Å²) in [6, 6.07) is 7.27. The molecule has 8 heteroatoms. The van der Waals surface area contributed by atoms with Gasteiger partial charge in [-0.1, -0.05) is 11.6 Å². The molecule has 0 fully saturated rings. The summed E-state index contributed by atoms with van der Waals surface area (Å²) in [7, 11) is 1.66. The van der Waals surface area contributed by atoms with Crippen molar-refractivity contribution in [2.24, 2.45) is 7.05 Å². The number of amides is 1. The van der Waals surface area contributed by atoms with Crippen LogP contribution in [0.3, 0.4) is 0 Å². The Labute approximate surface area is 148 Å². The molecule has 1 aliphatic heterocycles. The van der Waals surface area contributed by atoms with E-state index in [1.807, 2.05) is 12.1 Å². The molecular formula is C17H18ClN5O2. The first kappa shape index (κ1) is 16.0. The van der Waals surface area contributed by atoms with Crippen LogP contribution >= 0.6 is 11.6 Å². The van der Waals surface area contributed by atoms with E-state index >= 15 is 0 Å². The molecule has 0 aliphatic carbocycles. The minimum absolute atomic E-state index is 0.00825. The average molecular weight is 360 g/mol. The summed E-state index contributed by atoms with van der Waals surface area (Å²) in [5.41, 5.74) is 1.28. The molecule has 1 unspecified atom stereocenters. The Balaban J connectivity index is 1.48. The number of carbonyl (C=O) groups excluding carboxylic acids is 1. The van der Waals surface area contributed by atoms with Crippen molar-refractivity contribution >= 4 is 28.4 Å². The van der Waals surface area contributed by atoms with Crippen LogP contribution in [0.15, 0.2) is 29.1 Å². The van der Waals surface area contributed by atoms with Crippen LogP contribution < -0.4 is 11.0 Å². The van der Waals surface area contributed by atoms with Gasteiger partial charge >= 0.3 is 5.69 Å². The van der Waals surface area contributed by atoms with E-state index in [1.54, 1.807) is 23.7 Å². The Bertz CT molecular complexity index is 1020. The van der Waals surface area contributed by atoms with Gasteiger partial charge in [0.15, 0.2) is 0 Å². The van der Waals surface area contributed by atoms with Crippen molar-refractivity contribution < 1.29 is 4.79 Å². The van der Waals surface area contributed by atoms with Gasteiger partial charge in [0.2, 0.25) is 0 Å². The van der Waals surface area contributed by atoms with Gasteiger partial charge in [0.25, 0.3) is 5.91 Å². The SMILES string of the molecule is Cn1nc2n(c1=O)CCC(NC(=O)c1cc3cc(Cl)ccc3[nH]1)CC2. The first-order valence-electron chi connectivity index (χ1n) is 8.23. The molecule has 2 aromatic heterocycles. The fourth-order valence-corrected chi connectivity index (χ4v) is 3.51. The maximum atomic E-state index is 12.5. The molecular weight excluding hydrogens is 342 g/mol. The summed E-state index contributed by atoms with van der Waals surface area (Å²) in [5.74, 6) is 0.634. The summed E-state index contributed by atoms with van der Waals surface area (Å²) in [6.45, 7) is 0.565. The summed E-state index contributed by atoms with van der Waals surface area (Å²) in [5, 5.41) is 8.85. The number of rotatable bonds is 2. The number of aromatic nitrogens is 4. The van der Waals surface area contributed by atoms with Crippen LogP contribution in [0.1, 0.15) is 29.2 Å². The van der Waals surface area contributed by atoms with E-state index in [-0.39, 0.29) is 17.6 Å². The van der Waals surface area contributed by atoms with Crippen molar-refractivity contribution in [1.82, 2.24) is 24.6 Å². The molecule has 4 rings (SSSR count). The molecule has 1 aromatic carbocycles. The lowest BCUT2D eigenvalue weighted by atomic mass is 10.1. The van der Waals surface area contributed by atoms with Crippen molar-refractivity contribution in [1.29, 1.82) is 0 Å². The quantitative estimate of drug-likeness (QED) is 0.732. The summed E-state index contributed by atoms with van der Waals surface area (Å²) >= 11 is 5.99. The van der Waals surface area contributed by atoms with Gasteiger partial charge in [-0.15, -0.1) is 0 Å². The fourth-order valence-electron chi connectivity index (χ4n) is 3.33. The minimum Gasteiger partial charge on any atom is -0.351 e. The second-order valence-electron chi connectivity index (χ2n) is 6.39. The van der Waals surface area contributed by atoms with E-state index < -0.39 is 0 Å². The molecule has 1 aliphatic rings. The van der Waals surface area contributed by atoms with Crippen LogP contribution in [0.25, 0.3) is 10.9 Å². The molecule has 3 heterocycles. The largest absolute Gasteiger partial charge is 0.351 e. The molecule has 25 heavy (non-hydrogen) atoms. The van der Waals surface area contributed by atoms with E-state index in [0.717, 1.165) is 23.1 Å². The van der Waals surface area contributed by atoms with Crippen LogP contribution in [0.5, 0.6) is 0 Å². The van der Waals surface area contributed by atoms with Gasteiger partial charge in [-0.25, -0.2) is 9.48 Å². The number of aromatic amines is 1. The van der Waals surface area contributed by atoms with Crippen LogP contribution in [-0.4, -0.2) is 31.3 Å². The molecule has 3 aromatic rings. The molecule has 0 bridgehead atoms. The second-order valence-corrected chi connectivity index (χ2v) is 6.82. The molecule has 7 nitrogen and oxygen atoms in total. The number of nitrogens with one attached hydrogen (secondary N) is 2. The zero-order valence-corrected chi connectivity index (χ0v) is 14.5. The Kier molecular flexibility index (Phi) is 3.88. The number of benzene rings is 1. The highest BCUT2D eigenvalue weighted by molar-refractivity contribution is 6.31. The number of nitrogens with zero attached hydrogens (tertiary/aromatic N) is 3. The number of H-pyrrole nitrogens is 1. The second kappa shape index (κ2) is 6.07. The Hall–Kier alpha value is -2.54. The highest BCUT2D eigenvalue weighted by atomic mass is 35.5. The van der Waals surface area contributed by atoms with Crippen molar-refractivity contribution in [3.8, 4) is 0 Å². The standard InChI is InChI=1S/C17H18ClN5O2/c1-22-17(25)23-7-6-12(3-5-15(23)21-22)19-16(24)14-9-10-8-11(18)2-4-13(10)20-14/h2,4,8-9,12,20H,3,5-7H2,1H3,(H,19,24). The Morgan fingerprint density at radius 2 is 2.20 bits per heavy atom. The third-order valence-electron chi connectivity index (χ3n) is 4.66. The van der Waals surface area contributed by atoms with Gasteiger partial charge < -0.3 is 10.3 Å². The number of halogens is 1. The zero-order valence-electron chi connectivity index (χ0n) is 13.8. The van der Waals surface area contributed by atoms with Gasteiger partial charge in [-0.3, -0.25) is 9.36 Å². The predicted molar refractivity (Wildman–Crippen MR) is 95.0 cm³/mol. The molecule has 0 spiro atoms. The number of aryl methyl sites for hydroxylation is 2. The van der Waals surface area contributed by atoms with E-state index in [2.05, 4.69) is 15.4 Å². The first-order valence-corrected chi connectivity index (χ1v) is 8.61. The lowest BCUT2D eigenvalue weighted by Gasteiger charge is -2.15. The van der Waals surface area contributed by atoms with Crippen molar-refractivity contribution in [2.45, 2.75) is 31.8 Å². The van der Waals surface area contributed by atoms with E-state index in [1.165, 1.54) is 4.68 Å². The van der Waals surface area contributed by atoms with Crippen LogP contribution in [0.4, 0.5) is 0 Å². The maximum absolute atomic E-state index is 12.5. The number of hydrogen-bond donors (Lipinski definition) is 2. The summed E-state index contributed by atoms with van der Waals surface area (Å²) in [4.78, 5) is 27.7. The topological polar surface area (TPSA) is 84.7 Å². The van der Waals surface area contributed by atoms with Crippen LogP contribution in [-0.2, 0) is 20.0 Å². The highest BCUT2D eigenvalue weighted by Gasteiger charge is 2.22. The molecule has 1 atom stereocenters. The lowest BCUT2D eigenvalue weighted by molar-refractivity contribution is 0.0928. The highest BCUT2D eigenvalue weighted by Crippen LogP contribution is 2.20. The van der Waals surface area contributed by atoms with E-state index in [9.17, 15) is 9.59 Å². The summed E-state index contributed by atoms with van der Waals surface area (Å²) < 4.78 is 3.06. The lowest BCUT2D eigenvalue weighted by Crippen LogP contribution is -2.35. The van der Waals surface area contributed by atoms with Crippen LogP contribution in [0, 0.1) is 0 Å². The predicted octanol–water partition coefficient (Wildman–Crippen LogP) is 1.85. The van der Waals surface area contributed by atoms with Gasteiger partial charge in [-0.05, 0) is 37.1 Å². The van der Waals surface area contributed by atoms with Gasteiger partial charge in [-0.2, -0.15) is 5.10 Å².